The lowest BCUT2D eigenvalue weighted by Crippen LogP contribution is -2.00. The summed E-state index contributed by atoms with van der Waals surface area (Å²) < 4.78 is 6.80. The molecule has 0 bridgehead atoms. The normalized spacial score (nSPS) is 11.1. The van der Waals surface area contributed by atoms with Crippen LogP contribution >= 0.6 is 0 Å². The maximum atomic E-state index is 5.62. The van der Waals surface area contributed by atoms with E-state index in [0.29, 0.717) is 18.9 Å². The molecule has 1 aromatic carbocycles. The number of nitrogens with zero attached hydrogens (tertiary/aromatic N) is 3. The van der Waals surface area contributed by atoms with E-state index in [9.17, 15) is 0 Å². The van der Waals surface area contributed by atoms with Gasteiger partial charge < -0.3 is 14.8 Å². The zero-order valence-corrected chi connectivity index (χ0v) is 9.21. The summed E-state index contributed by atoms with van der Waals surface area (Å²) in [4.78, 5) is 4.01. The van der Waals surface area contributed by atoms with Gasteiger partial charge in [0.05, 0.1) is 6.54 Å². The average Bonchev–Trinajstić information content (AvgIpc) is 2.99. The topological polar surface area (TPSA) is 69.9 Å². The van der Waals surface area contributed by atoms with Crippen molar-refractivity contribution < 1.29 is 4.52 Å². The molecule has 3 aromatic rings. The molecule has 0 spiro atoms. The predicted octanol–water partition coefficient (Wildman–Crippen LogP) is 1.53. The maximum Gasteiger partial charge on any atom is 0.213 e. The van der Waals surface area contributed by atoms with Crippen LogP contribution in [0, 0.1) is 0 Å². The van der Waals surface area contributed by atoms with Gasteiger partial charge in [0, 0.05) is 18.3 Å². The monoisotopic (exact) mass is 228 g/mol. The average molecular weight is 228 g/mol. The van der Waals surface area contributed by atoms with Gasteiger partial charge >= 0.3 is 0 Å². The molecule has 5 nitrogen and oxygen atoms in total. The number of hydrogen-bond acceptors (Lipinski definition) is 4. The molecule has 0 aliphatic carbocycles. The van der Waals surface area contributed by atoms with Crippen molar-refractivity contribution in [3.05, 3.63) is 48.2 Å². The van der Waals surface area contributed by atoms with Gasteiger partial charge in [-0.3, -0.25) is 0 Å². The summed E-state index contributed by atoms with van der Waals surface area (Å²) in [5.41, 5.74) is 7.90. The lowest BCUT2D eigenvalue weighted by Gasteiger charge is -2.02. The maximum absolute atomic E-state index is 5.62. The molecular formula is C12H12N4O. The highest BCUT2D eigenvalue weighted by molar-refractivity contribution is 5.80. The molecule has 0 radical (unpaired) electrons. The van der Waals surface area contributed by atoms with Crippen molar-refractivity contribution in [2.24, 2.45) is 5.73 Å². The fourth-order valence-electron chi connectivity index (χ4n) is 1.93. The van der Waals surface area contributed by atoms with Crippen molar-refractivity contribution in [1.82, 2.24) is 14.7 Å². The molecule has 0 saturated carbocycles. The highest BCUT2D eigenvalue weighted by Crippen LogP contribution is 2.18. The predicted molar refractivity (Wildman–Crippen MR) is 63.2 cm³/mol. The number of aromatic nitrogens is 3. The Kier molecular flexibility index (Phi) is 2.38. The largest absolute Gasteiger partial charge is 0.343 e. The Morgan fingerprint density at radius 2 is 2.24 bits per heavy atom. The second kappa shape index (κ2) is 4.03. The molecule has 2 N–H and O–H groups in total. The Morgan fingerprint density at radius 3 is 3.00 bits per heavy atom. The van der Waals surface area contributed by atoms with Gasteiger partial charge in [-0.15, -0.1) is 0 Å². The van der Waals surface area contributed by atoms with Crippen molar-refractivity contribution in [2.75, 3.05) is 0 Å². The van der Waals surface area contributed by atoms with Crippen molar-refractivity contribution in [3.8, 4) is 0 Å². The van der Waals surface area contributed by atoms with Crippen LogP contribution in [-0.4, -0.2) is 14.7 Å². The standard InChI is InChI=1S/C12H12N4O/c13-6-9-1-2-11-10(5-9)3-4-16(11)7-12-14-8-17-15-12/h1-5,8H,6-7,13H2. The van der Waals surface area contributed by atoms with Gasteiger partial charge in [0.1, 0.15) is 0 Å². The van der Waals surface area contributed by atoms with Crippen molar-refractivity contribution in [2.45, 2.75) is 13.1 Å². The Hall–Kier alpha value is -2.14. The molecule has 0 aliphatic rings. The Morgan fingerprint density at radius 1 is 1.29 bits per heavy atom. The summed E-state index contributed by atoms with van der Waals surface area (Å²) in [7, 11) is 0. The van der Waals surface area contributed by atoms with Crippen LogP contribution in [0.15, 0.2) is 41.4 Å². The zero-order chi connectivity index (χ0) is 11.7. The van der Waals surface area contributed by atoms with Gasteiger partial charge in [-0.2, -0.15) is 4.98 Å². The van der Waals surface area contributed by atoms with Gasteiger partial charge in [0.15, 0.2) is 5.82 Å². The number of nitrogens with two attached hydrogens (primary N) is 1. The fourth-order valence-corrected chi connectivity index (χ4v) is 1.93. The molecule has 0 aliphatic heterocycles. The lowest BCUT2D eigenvalue weighted by molar-refractivity contribution is 0.408. The van der Waals surface area contributed by atoms with Crippen LogP contribution in [-0.2, 0) is 13.1 Å². The molecule has 0 amide bonds. The van der Waals surface area contributed by atoms with E-state index in [-0.39, 0.29) is 0 Å². The minimum atomic E-state index is 0.561. The summed E-state index contributed by atoms with van der Waals surface area (Å²) in [5.74, 6) is 0.672. The summed E-state index contributed by atoms with van der Waals surface area (Å²) in [5, 5.41) is 4.98. The third-order valence-corrected chi connectivity index (χ3v) is 2.79. The summed E-state index contributed by atoms with van der Waals surface area (Å²) in [6.45, 7) is 1.17. The lowest BCUT2D eigenvalue weighted by atomic mass is 10.1. The SMILES string of the molecule is NCc1ccc2c(ccn2Cc2ncon2)c1. The highest BCUT2D eigenvalue weighted by atomic mass is 16.5. The van der Waals surface area contributed by atoms with Crippen molar-refractivity contribution in [1.29, 1.82) is 0 Å². The molecule has 0 fully saturated rings. The molecule has 5 heteroatoms. The number of benzene rings is 1. The highest BCUT2D eigenvalue weighted by Gasteiger charge is 2.04. The molecule has 86 valence electrons. The van der Waals surface area contributed by atoms with Crippen molar-refractivity contribution >= 4 is 10.9 Å². The van der Waals surface area contributed by atoms with E-state index in [1.807, 2.05) is 12.3 Å². The Bertz CT molecular complexity index is 627. The molecule has 3 rings (SSSR count). The summed E-state index contributed by atoms with van der Waals surface area (Å²) >= 11 is 0. The minimum Gasteiger partial charge on any atom is -0.343 e. The zero-order valence-electron chi connectivity index (χ0n) is 9.21. The van der Waals surface area contributed by atoms with E-state index in [1.165, 1.54) is 11.8 Å². The van der Waals surface area contributed by atoms with Gasteiger partial charge in [-0.25, -0.2) is 0 Å². The Balaban J connectivity index is 2.00. The van der Waals surface area contributed by atoms with E-state index >= 15 is 0 Å². The third kappa shape index (κ3) is 1.81. The van der Waals surface area contributed by atoms with Crippen LogP contribution < -0.4 is 5.73 Å². The summed E-state index contributed by atoms with van der Waals surface area (Å²) in [6, 6.07) is 8.27. The van der Waals surface area contributed by atoms with Crippen LogP contribution in [0.25, 0.3) is 10.9 Å². The molecule has 0 unspecified atom stereocenters. The molecule has 2 heterocycles. The van der Waals surface area contributed by atoms with Gasteiger partial charge in [-0.1, -0.05) is 11.2 Å². The molecule has 2 aromatic heterocycles. The number of fused-ring (bicyclic) bond motifs is 1. The van der Waals surface area contributed by atoms with Gasteiger partial charge in [0.25, 0.3) is 0 Å². The third-order valence-electron chi connectivity index (χ3n) is 2.79. The van der Waals surface area contributed by atoms with Crippen LogP contribution in [0.2, 0.25) is 0 Å². The molecular weight excluding hydrogens is 216 g/mol. The first-order chi connectivity index (χ1) is 8.36. The molecule has 17 heavy (non-hydrogen) atoms. The number of hydrogen-bond donors (Lipinski definition) is 1. The first-order valence-corrected chi connectivity index (χ1v) is 5.40. The van der Waals surface area contributed by atoms with E-state index in [4.69, 9.17) is 10.3 Å². The Labute approximate surface area is 97.8 Å². The van der Waals surface area contributed by atoms with E-state index in [0.717, 1.165) is 11.1 Å². The van der Waals surface area contributed by atoms with E-state index < -0.39 is 0 Å². The van der Waals surface area contributed by atoms with Gasteiger partial charge in [0.2, 0.25) is 6.39 Å². The first kappa shape index (κ1) is 10.0. The van der Waals surface area contributed by atoms with Crippen LogP contribution in [0.1, 0.15) is 11.4 Å². The smallest absolute Gasteiger partial charge is 0.213 e. The first-order valence-electron chi connectivity index (χ1n) is 5.40. The number of rotatable bonds is 3. The van der Waals surface area contributed by atoms with Crippen LogP contribution in [0.3, 0.4) is 0 Å². The summed E-state index contributed by atoms with van der Waals surface area (Å²) in [6.07, 6.45) is 3.36. The van der Waals surface area contributed by atoms with Crippen LogP contribution in [0.5, 0.6) is 0 Å². The fraction of sp³-hybridized carbons (Fsp3) is 0.167. The molecule has 0 atom stereocenters. The molecule has 0 saturated heterocycles. The van der Waals surface area contributed by atoms with Gasteiger partial charge in [-0.05, 0) is 29.1 Å². The minimum absolute atomic E-state index is 0.561. The van der Waals surface area contributed by atoms with Crippen LogP contribution in [0.4, 0.5) is 0 Å². The van der Waals surface area contributed by atoms with Crippen molar-refractivity contribution in [3.63, 3.8) is 0 Å². The van der Waals surface area contributed by atoms with E-state index in [2.05, 4.69) is 32.9 Å². The quantitative estimate of drug-likeness (QED) is 0.738. The second-order valence-electron chi connectivity index (χ2n) is 3.89. The second-order valence-corrected chi connectivity index (χ2v) is 3.89. The van der Waals surface area contributed by atoms with E-state index in [1.54, 1.807) is 0 Å².